The van der Waals surface area contributed by atoms with E-state index < -0.39 is 54.3 Å². The normalized spacial score (nSPS) is 17.7. The highest BCUT2D eigenvalue weighted by Gasteiger charge is 2.32. The molecule has 1 aliphatic heterocycles. The van der Waals surface area contributed by atoms with Crippen LogP contribution in [0.2, 0.25) is 0 Å². The number of rotatable bonds is 13. The summed E-state index contributed by atoms with van der Waals surface area (Å²) in [6, 6.07) is 5.00. The molecule has 0 saturated carbocycles. The highest BCUT2D eigenvalue weighted by molar-refractivity contribution is 5.96. The molecule has 1 saturated heterocycles. The predicted octanol–water partition coefficient (Wildman–Crippen LogP) is -0.558. The highest BCUT2D eigenvalue weighted by Crippen LogP contribution is 2.09. The smallest absolute Gasteiger partial charge is 0.326 e. The second kappa shape index (κ2) is 13.4. The Kier molecular flexibility index (Phi) is 10.7. The van der Waals surface area contributed by atoms with Crippen LogP contribution in [0.15, 0.2) is 30.3 Å². The fourth-order valence-electron chi connectivity index (χ4n) is 3.89. The standard InChI is InChI=1S/C24H35N5O6/c1-14(2)11-19(24(34)35)29-23(33)18(13-20(25)30)28-22(32)17(12-15-7-4-3-5-8-15)27-21(31)16-9-6-10-26-16/h3-5,7-8,14,16-19,26H,6,9-13H2,1-2H3,(H2,25,30)(H,27,31)(H,28,32)(H,29,33)(H,34,35). The second-order valence-corrected chi connectivity index (χ2v) is 9.16. The number of nitrogens with one attached hydrogen (secondary N) is 4. The van der Waals surface area contributed by atoms with Gasteiger partial charge in [-0.3, -0.25) is 19.2 Å². The van der Waals surface area contributed by atoms with E-state index >= 15 is 0 Å². The molecular weight excluding hydrogens is 454 g/mol. The lowest BCUT2D eigenvalue weighted by Gasteiger charge is -2.25. The average molecular weight is 490 g/mol. The second-order valence-electron chi connectivity index (χ2n) is 9.16. The van der Waals surface area contributed by atoms with Crippen molar-refractivity contribution in [2.24, 2.45) is 11.7 Å². The van der Waals surface area contributed by atoms with Gasteiger partial charge in [-0.15, -0.1) is 0 Å². The van der Waals surface area contributed by atoms with Crippen LogP contribution in [0.1, 0.15) is 45.1 Å². The third-order valence-corrected chi connectivity index (χ3v) is 5.65. The van der Waals surface area contributed by atoms with Crippen molar-refractivity contribution in [3.8, 4) is 0 Å². The zero-order chi connectivity index (χ0) is 26.0. The Morgan fingerprint density at radius 2 is 1.63 bits per heavy atom. The first-order valence-corrected chi connectivity index (χ1v) is 11.8. The van der Waals surface area contributed by atoms with E-state index in [9.17, 15) is 29.1 Å². The molecule has 7 N–H and O–H groups in total. The van der Waals surface area contributed by atoms with Crippen LogP contribution < -0.4 is 27.0 Å². The van der Waals surface area contributed by atoms with Gasteiger partial charge in [-0.05, 0) is 37.3 Å². The Hall–Kier alpha value is -3.47. The van der Waals surface area contributed by atoms with Crippen LogP contribution in [0.3, 0.4) is 0 Å². The van der Waals surface area contributed by atoms with Gasteiger partial charge < -0.3 is 32.1 Å². The Labute approximate surface area is 204 Å². The molecule has 0 aromatic heterocycles. The lowest BCUT2D eigenvalue weighted by molar-refractivity contribution is -0.143. The number of aliphatic carboxylic acids is 1. The minimum Gasteiger partial charge on any atom is -0.480 e. The van der Waals surface area contributed by atoms with Gasteiger partial charge >= 0.3 is 5.97 Å². The summed E-state index contributed by atoms with van der Waals surface area (Å²) >= 11 is 0. The van der Waals surface area contributed by atoms with E-state index in [0.29, 0.717) is 13.0 Å². The Balaban J connectivity index is 2.18. The molecular formula is C24H35N5O6. The fourth-order valence-corrected chi connectivity index (χ4v) is 3.89. The molecule has 0 radical (unpaired) electrons. The molecule has 192 valence electrons. The molecule has 1 aromatic carbocycles. The van der Waals surface area contributed by atoms with Crippen LogP contribution >= 0.6 is 0 Å². The van der Waals surface area contributed by atoms with Crippen molar-refractivity contribution in [3.63, 3.8) is 0 Å². The first kappa shape index (κ1) is 27.8. The number of carboxylic acids is 1. The predicted molar refractivity (Wildman–Crippen MR) is 128 cm³/mol. The van der Waals surface area contributed by atoms with E-state index in [1.54, 1.807) is 38.1 Å². The summed E-state index contributed by atoms with van der Waals surface area (Å²) in [5, 5.41) is 20.1. The van der Waals surface area contributed by atoms with Crippen molar-refractivity contribution in [1.29, 1.82) is 0 Å². The number of carboxylic acid groups (broad SMARTS) is 1. The number of primary amides is 1. The maximum Gasteiger partial charge on any atom is 0.326 e. The largest absolute Gasteiger partial charge is 0.480 e. The van der Waals surface area contributed by atoms with Gasteiger partial charge in [-0.2, -0.15) is 0 Å². The molecule has 1 aromatic rings. The van der Waals surface area contributed by atoms with Crippen molar-refractivity contribution in [2.75, 3.05) is 6.54 Å². The molecule has 35 heavy (non-hydrogen) atoms. The third kappa shape index (κ3) is 9.36. The highest BCUT2D eigenvalue weighted by atomic mass is 16.4. The van der Waals surface area contributed by atoms with E-state index in [-0.39, 0.29) is 24.7 Å². The summed E-state index contributed by atoms with van der Waals surface area (Å²) in [7, 11) is 0. The molecule has 4 amide bonds. The number of carbonyl (C=O) groups is 5. The number of hydrogen-bond donors (Lipinski definition) is 6. The molecule has 1 heterocycles. The van der Waals surface area contributed by atoms with Crippen LogP contribution in [-0.2, 0) is 30.4 Å². The summed E-state index contributed by atoms with van der Waals surface area (Å²) in [6.07, 6.45) is 1.28. The minimum absolute atomic E-state index is 0.0183. The van der Waals surface area contributed by atoms with Gasteiger partial charge in [0, 0.05) is 6.42 Å². The van der Waals surface area contributed by atoms with Crippen molar-refractivity contribution in [3.05, 3.63) is 35.9 Å². The SMILES string of the molecule is CC(C)CC(NC(=O)C(CC(N)=O)NC(=O)C(Cc1ccccc1)NC(=O)C1CCCN1)C(=O)O. The quantitative estimate of drug-likeness (QED) is 0.215. The minimum atomic E-state index is -1.39. The Morgan fingerprint density at radius 3 is 2.17 bits per heavy atom. The van der Waals surface area contributed by atoms with Gasteiger partial charge in [-0.1, -0.05) is 44.2 Å². The summed E-state index contributed by atoms with van der Waals surface area (Å²) in [5.41, 5.74) is 6.06. The van der Waals surface area contributed by atoms with E-state index in [4.69, 9.17) is 5.73 Å². The molecule has 0 bridgehead atoms. The van der Waals surface area contributed by atoms with Crippen LogP contribution in [0.5, 0.6) is 0 Å². The molecule has 0 aliphatic carbocycles. The van der Waals surface area contributed by atoms with E-state index in [2.05, 4.69) is 21.3 Å². The lowest BCUT2D eigenvalue weighted by Crippen LogP contribution is -2.58. The number of hydrogen-bond acceptors (Lipinski definition) is 6. The summed E-state index contributed by atoms with van der Waals surface area (Å²) < 4.78 is 0. The van der Waals surface area contributed by atoms with Gasteiger partial charge in [0.15, 0.2) is 0 Å². The molecule has 4 atom stereocenters. The molecule has 4 unspecified atom stereocenters. The summed E-state index contributed by atoms with van der Waals surface area (Å²) in [4.78, 5) is 61.9. The van der Waals surface area contributed by atoms with Crippen molar-refractivity contribution < 1.29 is 29.1 Å². The summed E-state index contributed by atoms with van der Waals surface area (Å²) in [6.45, 7) is 4.32. The number of benzene rings is 1. The van der Waals surface area contributed by atoms with E-state index in [0.717, 1.165) is 12.0 Å². The first-order chi connectivity index (χ1) is 16.6. The summed E-state index contributed by atoms with van der Waals surface area (Å²) in [5.74, 6) is -3.95. The lowest BCUT2D eigenvalue weighted by atomic mass is 10.0. The van der Waals surface area contributed by atoms with Gasteiger partial charge in [0.25, 0.3) is 0 Å². The van der Waals surface area contributed by atoms with Crippen molar-refractivity contribution in [1.82, 2.24) is 21.3 Å². The van der Waals surface area contributed by atoms with Gasteiger partial charge in [-0.25, -0.2) is 4.79 Å². The van der Waals surface area contributed by atoms with Crippen LogP contribution in [0.25, 0.3) is 0 Å². The van der Waals surface area contributed by atoms with Crippen molar-refractivity contribution in [2.45, 2.75) is 70.1 Å². The van der Waals surface area contributed by atoms with Crippen LogP contribution in [0.4, 0.5) is 0 Å². The van der Waals surface area contributed by atoms with Gasteiger partial charge in [0.1, 0.15) is 18.1 Å². The van der Waals surface area contributed by atoms with Crippen LogP contribution in [0, 0.1) is 5.92 Å². The number of carbonyl (C=O) groups excluding carboxylic acids is 4. The molecule has 1 fully saturated rings. The Morgan fingerprint density at radius 1 is 1.00 bits per heavy atom. The van der Waals surface area contributed by atoms with Gasteiger partial charge in [0.05, 0.1) is 12.5 Å². The number of amides is 4. The number of nitrogens with two attached hydrogens (primary N) is 1. The van der Waals surface area contributed by atoms with Gasteiger partial charge in [0.2, 0.25) is 23.6 Å². The maximum absolute atomic E-state index is 13.2. The molecule has 11 nitrogen and oxygen atoms in total. The van der Waals surface area contributed by atoms with Crippen LogP contribution in [-0.4, -0.2) is 65.4 Å². The average Bonchev–Trinajstić information content (AvgIpc) is 3.33. The monoisotopic (exact) mass is 489 g/mol. The third-order valence-electron chi connectivity index (χ3n) is 5.65. The molecule has 0 spiro atoms. The zero-order valence-corrected chi connectivity index (χ0v) is 20.1. The molecule has 1 aliphatic rings. The first-order valence-electron chi connectivity index (χ1n) is 11.8. The molecule has 2 rings (SSSR count). The molecule has 11 heteroatoms. The van der Waals surface area contributed by atoms with E-state index in [1.165, 1.54) is 0 Å². The topological polar surface area (TPSA) is 180 Å². The Bertz CT molecular complexity index is 901. The maximum atomic E-state index is 13.2. The van der Waals surface area contributed by atoms with E-state index in [1.807, 2.05) is 6.07 Å². The zero-order valence-electron chi connectivity index (χ0n) is 20.1. The van der Waals surface area contributed by atoms with Crippen molar-refractivity contribution >= 4 is 29.6 Å². The fraction of sp³-hybridized carbons (Fsp3) is 0.542.